The smallest absolute Gasteiger partial charge is 0.253 e. The molecule has 0 amide bonds. The predicted molar refractivity (Wildman–Crippen MR) is 84.9 cm³/mol. The van der Waals surface area contributed by atoms with Crippen LogP contribution in [0.5, 0.6) is 0 Å². The molecule has 0 spiro atoms. The third-order valence-electron chi connectivity index (χ3n) is 3.10. The fourth-order valence-corrected chi connectivity index (χ4v) is 3.43. The lowest BCUT2D eigenvalue weighted by molar-refractivity contribution is 0.541. The largest absolute Gasteiger partial charge is 0.441 e. The van der Waals surface area contributed by atoms with Gasteiger partial charge in [-0.05, 0) is 24.4 Å². The molecule has 4 rings (SSSR count). The summed E-state index contributed by atoms with van der Waals surface area (Å²) in [4.78, 5) is 13.1. The fraction of sp³-hybridized carbons (Fsp3) is 0.143. The Labute approximate surface area is 134 Å². The van der Waals surface area contributed by atoms with Crippen molar-refractivity contribution in [3.8, 4) is 11.5 Å². The zero-order chi connectivity index (χ0) is 14.9. The Hall–Kier alpha value is -2.19. The second-order valence-corrected chi connectivity index (χ2v) is 6.30. The summed E-state index contributed by atoms with van der Waals surface area (Å²) in [6, 6.07) is 3.83. The van der Waals surface area contributed by atoms with E-state index in [4.69, 9.17) is 4.42 Å². The Bertz CT molecular complexity index is 880. The van der Waals surface area contributed by atoms with Gasteiger partial charge in [-0.15, -0.1) is 5.10 Å². The third-order valence-corrected chi connectivity index (χ3v) is 4.63. The number of nitrogens with zero attached hydrogens (tertiary/aromatic N) is 5. The first-order valence-corrected chi connectivity index (χ1v) is 8.51. The van der Waals surface area contributed by atoms with E-state index in [1.54, 1.807) is 22.0 Å². The van der Waals surface area contributed by atoms with Gasteiger partial charge < -0.3 is 4.42 Å². The summed E-state index contributed by atoms with van der Waals surface area (Å²) in [7, 11) is 0. The highest BCUT2D eigenvalue weighted by Crippen LogP contribution is 2.27. The Morgan fingerprint density at radius 2 is 2.32 bits per heavy atom. The summed E-state index contributed by atoms with van der Waals surface area (Å²) >= 11 is 3.15. The SMILES string of the molecule is Cc1oc(-c2ccsc2)nc1CSc1nc2ncccn2n1. The van der Waals surface area contributed by atoms with Gasteiger partial charge in [0, 0.05) is 29.1 Å². The minimum atomic E-state index is 0.598. The molecular formula is C14H11N5OS2. The highest BCUT2D eigenvalue weighted by atomic mass is 32.2. The quantitative estimate of drug-likeness (QED) is 0.534. The van der Waals surface area contributed by atoms with Gasteiger partial charge in [-0.2, -0.15) is 16.3 Å². The Balaban J connectivity index is 1.54. The van der Waals surface area contributed by atoms with E-state index in [-0.39, 0.29) is 0 Å². The lowest BCUT2D eigenvalue weighted by atomic mass is 10.3. The predicted octanol–water partition coefficient (Wildman–Crippen LogP) is 3.44. The average molecular weight is 329 g/mol. The maximum absolute atomic E-state index is 5.73. The number of rotatable bonds is 4. The lowest BCUT2D eigenvalue weighted by Gasteiger charge is -1.92. The Morgan fingerprint density at radius 1 is 1.36 bits per heavy atom. The number of oxazole rings is 1. The van der Waals surface area contributed by atoms with Gasteiger partial charge in [0.1, 0.15) is 5.76 Å². The van der Waals surface area contributed by atoms with Crippen molar-refractivity contribution < 1.29 is 4.42 Å². The fourth-order valence-electron chi connectivity index (χ4n) is 1.98. The first-order valence-electron chi connectivity index (χ1n) is 6.59. The van der Waals surface area contributed by atoms with E-state index in [0.29, 0.717) is 22.6 Å². The Kier molecular flexibility index (Phi) is 3.39. The van der Waals surface area contributed by atoms with Crippen molar-refractivity contribution in [2.45, 2.75) is 17.8 Å². The highest BCUT2D eigenvalue weighted by molar-refractivity contribution is 7.98. The molecule has 6 nitrogen and oxygen atoms in total. The normalized spacial score (nSPS) is 11.3. The standard InChI is InChI=1S/C14H11N5OS2/c1-9-11(16-12(20-9)10-3-6-21-7-10)8-22-14-17-13-15-4-2-5-19(13)18-14/h2-7H,8H2,1H3. The third kappa shape index (κ3) is 2.51. The monoisotopic (exact) mass is 329 g/mol. The van der Waals surface area contributed by atoms with Crippen molar-refractivity contribution in [1.82, 2.24) is 24.6 Å². The van der Waals surface area contributed by atoms with Crippen molar-refractivity contribution in [1.29, 1.82) is 0 Å². The van der Waals surface area contributed by atoms with E-state index < -0.39 is 0 Å². The van der Waals surface area contributed by atoms with Crippen LogP contribution < -0.4 is 0 Å². The number of hydrogen-bond acceptors (Lipinski definition) is 7. The van der Waals surface area contributed by atoms with Crippen molar-refractivity contribution >= 4 is 28.9 Å². The number of fused-ring (bicyclic) bond motifs is 1. The molecule has 0 bridgehead atoms. The van der Waals surface area contributed by atoms with E-state index in [1.165, 1.54) is 11.8 Å². The van der Waals surface area contributed by atoms with Crippen LogP contribution in [0.4, 0.5) is 0 Å². The molecule has 0 aliphatic heterocycles. The molecule has 0 radical (unpaired) electrons. The van der Waals surface area contributed by atoms with Crippen LogP contribution in [-0.4, -0.2) is 24.6 Å². The van der Waals surface area contributed by atoms with Crippen LogP contribution in [0.3, 0.4) is 0 Å². The van der Waals surface area contributed by atoms with E-state index in [9.17, 15) is 0 Å². The second-order valence-electron chi connectivity index (χ2n) is 4.58. The van der Waals surface area contributed by atoms with Crippen LogP contribution >= 0.6 is 23.1 Å². The van der Waals surface area contributed by atoms with Gasteiger partial charge >= 0.3 is 0 Å². The van der Waals surface area contributed by atoms with Gasteiger partial charge in [-0.1, -0.05) is 11.8 Å². The van der Waals surface area contributed by atoms with Gasteiger partial charge in [0.15, 0.2) is 0 Å². The molecule has 0 saturated heterocycles. The first kappa shape index (κ1) is 13.5. The molecule has 0 aliphatic carbocycles. The van der Waals surface area contributed by atoms with E-state index >= 15 is 0 Å². The molecule has 0 fully saturated rings. The van der Waals surface area contributed by atoms with Crippen LogP contribution in [-0.2, 0) is 5.75 Å². The minimum absolute atomic E-state index is 0.598. The zero-order valence-electron chi connectivity index (χ0n) is 11.6. The highest BCUT2D eigenvalue weighted by Gasteiger charge is 2.13. The number of hydrogen-bond donors (Lipinski definition) is 0. The van der Waals surface area contributed by atoms with Crippen molar-refractivity contribution in [2.75, 3.05) is 0 Å². The van der Waals surface area contributed by atoms with Crippen LogP contribution in [0, 0.1) is 6.92 Å². The summed E-state index contributed by atoms with van der Waals surface area (Å²) in [6.07, 6.45) is 3.53. The molecule has 0 unspecified atom stereocenters. The molecule has 0 aliphatic rings. The summed E-state index contributed by atoms with van der Waals surface area (Å²) in [5, 5.41) is 9.08. The van der Waals surface area contributed by atoms with Gasteiger partial charge in [-0.25, -0.2) is 14.5 Å². The molecule has 4 aromatic rings. The van der Waals surface area contributed by atoms with Gasteiger partial charge in [0.05, 0.1) is 5.69 Å². The molecule has 0 N–H and O–H groups in total. The number of thiophene rings is 1. The molecule has 0 atom stereocenters. The maximum Gasteiger partial charge on any atom is 0.253 e. The second kappa shape index (κ2) is 5.54. The zero-order valence-corrected chi connectivity index (χ0v) is 13.3. The van der Waals surface area contributed by atoms with Crippen LogP contribution in [0.25, 0.3) is 17.2 Å². The number of thioether (sulfide) groups is 1. The molecule has 0 saturated carbocycles. The van der Waals surface area contributed by atoms with Gasteiger partial charge in [0.2, 0.25) is 11.0 Å². The van der Waals surface area contributed by atoms with Crippen molar-refractivity contribution in [3.05, 3.63) is 46.7 Å². The number of aryl methyl sites for hydroxylation is 1. The van der Waals surface area contributed by atoms with E-state index in [1.807, 2.05) is 36.0 Å². The first-order chi connectivity index (χ1) is 10.8. The molecule has 0 aromatic carbocycles. The molecule has 22 heavy (non-hydrogen) atoms. The molecule has 4 aromatic heterocycles. The number of aromatic nitrogens is 5. The van der Waals surface area contributed by atoms with Gasteiger partial charge in [-0.3, -0.25) is 0 Å². The van der Waals surface area contributed by atoms with Crippen LogP contribution in [0.2, 0.25) is 0 Å². The van der Waals surface area contributed by atoms with E-state index in [0.717, 1.165) is 17.0 Å². The molecular weight excluding hydrogens is 318 g/mol. The summed E-state index contributed by atoms with van der Waals surface area (Å²) < 4.78 is 7.39. The van der Waals surface area contributed by atoms with Crippen LogP contribution in [0.1, 0.15) is 11.5 Å². The molecule has 4 heterocycles. The minimum Gasteiger partial charge on any atom is -0.441 e. The van der Waals surface area contributed by atoms with E-state index in [2.05, 4.69) is 20.1 Å². The summed E-state index contributed by atoms with van der Waals surface area (Å²) in [6.45, 7) is 1.93. The maximum atomic E-state index is 5.73. The Morgan fingerprint density at radius 3 is 3.14 bits per heavy atom. The van der Waals surface area contributed by atoms with Gasteiger partial charge in [0.25, 0.3) is 5.78 Å². The summed E-state index contributed by atoms with van der Waals surface area (Å²) in [5.74, 6) is 2.76. The van der Waals surface area contributed by atoms with Crippen molar-refractivity contribution in [3.63, 3.8) is 0 Å². The topological polar surface area (TPSA) is 69.1 Å². The summed E-state index contributed by atoms with van der Waals surface area (Å²) in [5.41, 5.74) is 1.93. The molecule has 8 heteroatoms. The molecule has 110 valence electrons. The lowest BCUT2D eigenvalue weighted by Crippen LogP contribution is -1.87. The van der Waals surface area contributed by atoms with Crippen LogP contribution in [0.15, 0.2) is 44.9 Å². The van der Waals surface area contributed by atoms with Crippen molar-refractivity contribution in [2.24, 2.45) is 0 Å². The average Bonchev–Trinajstić information content (AvgIpc) is 3.24.